The highest BCUT2D eigenvalue weighted by atomic mass is 16.1. The number of amides is 1. The second-order valence-corrected chi connectivity index (χ2v) is 3.61. The number of aromatic nitrogens is 1. The molecule has 0 bridgehead atoms. The molecule has 82 valence electrons. The van der Waals surface area contributed by atoms with Gasteiger partial charge in [0.2, 0.25) is 0 Å². The van der Waals surface area contributed by atoms with Gasteiger partial charge in [-0.15, -0.1) is 6.58 Å². The highest BCUT2D eigenvalue weighted by Crippen LogP contribution is 2.13. The number of hydrogen-bond donors (Lipinski definition) is 2. The molecule has 2 N–H and O–H groups in total. The fourth-order valence-corrected chi connectivity index (χ4v) is 1.58. The average molecular weight is 214 g/mol. The van der Waals surface area contributed by atoms with Crippen LogP contribution in [0.4, 0.5) is 0 Å². The summed E-state index contributed by atoms with van der Waals surface area (Å²) in [6.07, 6.45) is 4.44. The highest BCUT2D eigenvalue weighted by Gasteiger charge is 2.05. The van der Waals surface area contributed by atoms with E-state index in [2.05, 4.69) is 16.9 Å². The number of nitrogens with one attached hydrogen (secondary N) is 2. The average Bonchev–Trinajstić information content (AvgIpc) is 2.76. The van der Waals surface area contributed by atoms with Crippen LogP contribution in [0.15, 0.2) is 43.1 Å². The number of carbonyl (C=O) groups is 1. The van der Waals surface area contributed by atoms with Crippen LogP contribution in [0.2, 0.25) is 0 Å². The molecule has 0 aliphatic rings. The molecule has 0 spiro atoms. The van der Waals surface area contributed by atoms with Gasteiger partial charge in [-0.1, -0.05) is 6.08 Å². The van der Waals surface area contributed by atoms with E-state index in [4.69, 9.17) is 0 Å². The van der Waals surface area contributed by atoms with Crippen LogP contribution in [0, 0.1) is 0 Å². The number of benzene rings is 1. The zero-order valence-electron chi connectivity index (χ0n) is 8.99. The third kappa shape index (κ3) is 2.14. The summed E-state index contributed by atoms with van der Waals surface area (Å²) in [5.41, 5.74) is 1.74. The van der Waals surface area contributed by atoms with Gasteiger partial charge in [0.1, 0.15) is 0 Å². The van der Waals surface area contributed by atoms with Crippen LogP contribution in [0.25, 0.3) is 10.9 Å². The molecule has 1 heterocycles. The minimum atomic E-state index is -0.0371. The van der Waals surface area contributed by atoms with E-state index >= 15 is 0 Å². The summed E-state index contributed by atoms with van der Waals surface area (Å²) in [5, 5.41) is 3.89. The minimum Gasteiger partial charge on any atom is -0.361 e. The Morgan fingerprint density at radius 3 is 3.12 bits per heavy atom. The largest absolute Gasteiger partial charge is 0.361 e. The predicted octanol–water partition coefficient (Wildman–Crippen LogP) is 2.47. The molecule has 0 saturated heterocycles. The summed E-state index contributed by atoms with van der Waals surface area (Å²) in [7, 11) is 0. The molecular weight excluding hydrogens is 200 g/mol. The van der Waals surface area contributed by atoms with Crippen LogP contribution in [-0.2, 0) is 0 Å². The Morgan fingerprint density at radius 1 is 1.44 bits per heavy atom. The van der Waals surface area contributed by atoms with Gasteiger partial charge < -0.3 is 10.3 Å². The monoisotopic (exact) mass is 214 g/mol. The van der Waals surface area contributed by atoms with Gasteiger partial charge in [0, 0.05) is 29.2 Å². The van der Waals surface area contributed by atoms with Gasteiger partial charge in [0.25, 0.3) is 5.91 Å². The first-order valence-electron chi connectivity index (χ1n) is 5.27. The fraction of sp³-hybridized carbons (Fsp3) is 0.154. The Bertz CT molecular complexity index is 513. The molecule has 0 aliphatic heterocycles. The molecule has 0 saturated carbocycles. The van der Waals surface area contributed by atoms with Gasteiger partial charge in [-0.05, 0) is 30.7 Å². The number of H-pyrrole nitrogens is 1. The van der Waals surface area contributed by atoms with Crippen molar-refractivity contribution < 1.29 is 4.79 Å². The van der Waals surface area contributed by atoms with Crippen LogP contribution < -0.4 is 5.32 Å². The highest BCUT2D eigenvalue weighted by molar-refractivity contribution is 5.98. The molecule has 0 radical (unpaired) electrons. The number of aromatic amines is 1. The maximum atomic E-state index is 11.7. The van der Waals surface area contributed by atoms with E-state index in [1.807, 2.05) is 30.5 Å². The summed E-state index contributed by atoms with van der Waals surface area (Å²) < 4.78 is 0. The molecule has 2 aromatic rings. The van der Waals surface area contributed by atoms with Crippen molar-refractivity contribution in [2.45, 2.75) is 6.42 Å². The number of fused-ring (bicyclic) bond motifs is 1. The Balaban J connectivity index is 2.12. The smallest absolute Gasteiger partial charge is 0.251 e. The second-order valence-electron chi connectivity index (χ2n) is 3.61. The van der Waals surface area contributed by atoms with Gasteiger partial charge in [-0.25, -0.2) is 0 Å². The zero-order valence-corrected chi connectivity index (χ0v) is 8.99. The van der Waals surface area contributed by atoms with Crippen molar-refractivity contribution in [3.63, 3.8) is 0 Å². The molecule has 1 amide bonds. The van der Waals surface area contributed by atoms with E-state index in [0.29, 0.717) is 12.1 Å². The number of carbonyl (C=O) groups excluding carboxylic acids is 1. The molecule has 3 heteroatoms. The standard InChI is InChI=1S/C13H14N2O/c1-2-3-7-15-13(16)11-4-5-12-10(9-11)6-8-14-12/h2,4-6,8-9,14H,1,3,7H2,(H,15,16). The van der Waals surface area contributed by atoms with E-state index in [1.54, 1.807) is 6.08 Å². The van der Waals surface area contributed by atoms with Gasteiger partial charge in [0.05, 0.1) is 0 Å². The maximum Gasteiger partial charge on any atom is 0.251 e. The lowest BCUT2D eigenvalue weighted by molar-refractivity contribution is 0.0954. The topological polar surface area (TPSA) is 44.9 Å². The van der Waals surface area contributed by atoms with Gasteiger partial charge >= 0.3 is 0 Å². The lowest BCUT2D eigenvalue weighted by atomic mass is 10.1. The molecule has 2 rings (SSSR count). The van der Waals surface area contributed by atoms with Crippen molar-refractivity contribution in [2.24, 2.45) is 0 Å². The first kappa shape index (κ1) is 10.5. The fourth-order valence-electron chi connectivity index (χ4n) is 1.58. The van der Waals surface area contributed by atoms with E-state index in [-0.39, 0.29) is 5.91 Å². The summed E-state index contributed by atoms with van der Waals surface area (Å²) in [5.74, 6) is -0.0371. The van der Waals surface area contributed by atoms with Crippen molar-refractivity contribution in [1.82, 2.24) is 10.3 Å². The van der Waals surface area contributed by atoms with Gasteiger partial charge in [0.15, 0.2) is 0 Å². The van der Waals surface area contributed by atoms with Crippen LogP contribution in [0.1, 0.15) is 16.8 Å². The zero-order chi connectivity index (χ0) is 11.4. The molecule has 1 aromatic carbocycles. The summed E-state index contributed by atoms with van der Waals surface area (Å²) >= 11 is 0. The molecule has 3 nitrogen and oxygen atoms in total. The first-order valence-corrected chi connectivity index (χ1v) is 5.27. The van der Waals surface area contributed by atoms with Crippen molar-refractivity contribution in [1.29, 1.82) is 0 Å². The second kappa shape index (κ2) is 4.66. The van der Waals surface area contributed by atoms with Crippen LogP contribution >= 0.6 is 0 Å². The van der Waals surface area contributed by atoms with E-state index in [1.165, 1.54) is 0 Å². The van der Waals surface area contributed by atoms with E-state index < -0.39 is 0 Å². The molecular formula is C13H14N2O. The molecule has 0 aliphatic carbocycles. The van der Waals surface area contributed by atoms with Crippen molar-refractivity contribution >= 4 is 16.8 Å². The van der Waals surface area contributed by atoms with Gasteiger partial charge in [-0.3, -0.25) is 4.79 Å². The SMILES string of the molecule is C=CCCNC(=O)c1ccc2[nH]ccc2c1. The van der Waals surface area contributed by atoms with Crippen LogP contribution in [0.5, 0.6) is 0 Å². The van der Waals surface area contributed by atoms with Crippen LogP contribution in [-0.4, -0.2) is 17.4 Å². The lowest BCUT2D eigenvalue weighted by Gasteiger charge is -2.03. The molecule has 16 heavy (non-hydrogen) atoms. The lowest BCUT2D eigenvalue weighted by Crippen LogP contribution is -2.23. The Kier molecular flexibility index (Phi) is 3.05. The normalized spacial score (nSPS) is 10.2. The maximum absolute atomic E-state index is 11.7. The quantitative estimate of drug-likeness (QED) is 0.596. The van der Waals surface area contributed by atoms with Crippen molar-refractivity contribution in [3.8, 4) is 0 Å². The number of hydrogen-bond acceptors (Lipinski definition) is 1. The summed E-state index contributed by atoms with van der Waals surface area (Å²) in [6, 6.07) is 7.57. The van der Waals surface area contributed by atoms with Crippen molar-refractivity contribution in [2.75, 3.05) is 6.54 Å². The molecule has 0 fully saturated rings. The van der Waals surface area contributed by atoms with E-state index in [9.17, 15) is 4.79 Å². The summed E-state index contributed by atoms with van der Waals surface area (Å²) in [4.78, 5) is 14.8. The molecule has 0 atom stereocenters. The molecule has 0 unspecified atom stereocenters. The number of rotatable bonds is 4. The molecule has 1 aromatic heterocycles. The van der Waals surface area contributed by atoms with E-state index in [0.717, 1.165) is 17.3 Å². The third-order valence-electron chi connectivity index (χ3n) is 2.45. The van der Waals surface area contributed by atoms with Gasteiger partial charge in [-0.2, -0.15) is 0 Å². The van der Waals surface area contributed by atoms with Crippen molar-refractivity contribution in [3.05, 3.63) is 48.7 Å². The Labute approximate surface area is 94.2 Å². The third-order valence-corrected chi connectivity index (χ3v) is 2.45. The Hall–Kier alpha value is -2.03. The summed E-state index contributed by atoms with van der Waals surface area (Å²) in [6.45, 7) is 4.24. The first-order chi connectivity index (χ1) is 7.81. The minimum absolute atomic E-state index is 0.0371. The van der Waals surface area contributed by atoms with Crippen LogP contribution in [0.3, 0.4) is 0 Å². The predicted molar refractivity (Wildman–Crippen MR) is 65.4 cm³/mol. The Morgan fingerprint density at radius 2 is 2.31 bits per heavy atom.